The van der Waals surface area contributed by atoms with Gasteiger partial charge in [-0.1, -0.05) is 83.8 Å². The van der Waals surface area contributed by atoms with Crippen molar-refractivity contribution in [3.63, 3.8) is 0 Å². The van der Waals surface area contributed by atoms with E-state index in [4.69, 9.17) is 9.47 Å². The van der Waals surface area contributed by atoms with Crippen molar-refractivity contribution in [2.24, 2.45) is 5.92 Å². The topological polar surface area (TPSA) is 52.6 Å². The molecular formula is C34H48O4. The fourth-order valence-electron chi connectivity index (χ4n) is 5.47. The van der Waals surface area contributed by atoms with Gasteiger partial charge in [-0.15, -0.1) is 0 Å². The van der Waals surface area contributed by atoms with Crippen molar-refractivity contribution in [2.45, 2.75) is 110 Å². The highest BCUT2D eigenvalue weighted by molar-refractivity contribution is 5.99. The molecule has 0 atom stereocenters. The zero-order chi connectivity index (χ0) is 27.0. The molecule has 1 fully saturated rings. The molecular weight excluding hydrogens is 472 g/mol. The molecule has 0 heterocycles. The van der Waals surface area contributed by atoms with Crippen molar-refractivity contribution in [3.8, 4) is 5.75 Å². The van der Waals surface area contributed by atoms with Crippen molar-refractivity contribution >= 4 is 11.8 Å². The van der Waals surface area contributed by atoms with Crippen LogP contribution in [0.4, 0.5) is 0 Å². The van der Waals surface area contributed by atoms with Gasteiger partial charge < -0.3 is 9.47 Å². The summed E-state index contributed by atoms with van der Waals surface area (Å²) >= 11 is 0. The lowest BCUT2D eigenvalue weighted by Gasteiger charge is -2.29. The molecule has 2 aromatic rings. The number of carbonyl (C=O) groups excluding carboxylic acids is 2. The number of unbranched alkanes of at least 4 members (excludes halogenated alkanes) is 7. The molecule has 0 saturated heterocycles. The van der Waals surface area contributed by atoms with E-state index in [-0.39, 0.29) is 12.4 Å². The molecule has 4 heteroatoms. The van der Waals surface area contributed by atoms with Crippen LogP contribution in [0.25, 0.3) is 0 Å². The molecule has 0 radical (unpaired) electrons. The van der Waals surface area contributed by atoms with Crippen LogP contribution in [0.1, 0.15) is 136 Å². The van der Waals surface area contributed by atoms with Gasteiger partial charge in [0.25, 0.3) is 0 Å². The maximum Gasteiger partial charge on any atom is 0.338 e. The van der Waals surface area contributed by atoms with Crippen molar-refractivity contribution < 1.29 is 19.1 Å². The summed E-state index contributed by atoms with van der Waals surface area (Å²) in [5.41, 5.74) is 2.32. The zero-order valence-corrected chi connectivity index (χ0v) is 23.7. The van der Waals surface area contributed by atoms with E-state index >= 15 is 0 Å². The number of hydrogen-bond donors (Lipinski definition) is 0. The van der Waals surface area contributed by atoms with Gasteiger partial charge in [-0.2, -0.15) is 0 Å². The minimum atomic E-state index is -0.455. The lowest BCUT2D eigenvalue weighted by molar-refractivity contribution is 0.0474. The van der Waals surface area contributed by atoms with Crippen molar-refractivity contribution in [1.29, 1.82) is 0 Å². The molecule has 4 nitrogen and oxygen atoms in total. The molecule has 2 aromatic carbocycles. The predicted octanol–water partition coefficient (Wildman–Crippen LogP) is 9.32. The maximum atomic E-state index is 12.5. The lowest BCUT2D eigenvalue weighted by Crippen LogP contribution is -2.15. The van der Waals surface area contributed by atoms with Crippen LogP contribution >= 0.6 is 0 Å². The predicted molar refractivity (Wildman–Crippen MR) is 155 cm³/mol. The smallest absolute Gasteiger partial charge is 0.338 e. The first kappa shape index (κ1) is 29.9. The first-order chi connectivity index (χ1) is 18.6. The Kier molecular flexibility index (Phi) is 13.4. The molecule has 0 aromatic heterocycles. The highest BCUT2D eigenvalue weighted by Crippen LogP contribution is 2.37. The quantitative estimate of drug-likeness (QED) is 0.118. The molecule has 1 aliphatic rings. The first-order valence-electron chi connectivity index (χ1n) is 15.1. The van der Waals surface area contributed by atoms with Crippen LogP contribution in [0.15, 0.2) is 48.5 Å². The molecule has 0 amide bonds. The van der Waals surface area contributed by atoms with Gasteiger partial charge >= 0.3 is 5.97 Å². The second-order valence-corrected chi connectivity index (χ2v) is 11.0. The van der Waals surface area contributed by atoms with Crippen LogP contribution in [0, 0.1) is 5.92 Å². The van der Waals surface area contributed by atoms with Crippen LogP contribution in [0.3, 0.4) is 0 Å². The standard InChI is InChI=1S/C34H48O4/c1-3-5-7-8-9-11-25-37-32-23-21-30(22-24-32)33(35)26-38-34(36)31-19-17-29(18-20-31)28-15-13-27(14-16-28)12-10-6-4-2/h17-24,27-28H,3-16,25-26H2,1-2H3. The fourth-order valence-corrected chi connectivity index (χ4v) is 5.47. The van der Waals surface area contributed by atoms with Gasteiger partial charge in [0.15, 0.2) is 12.4 Å². The summed E-state index contributed by atoms with van der Waals surface area (Å²) < 4.78 is 11.1. The van der Waals surface area contributed by atoms with E-state index < -0.39 is 5.97 Å². The van der Waals surface area contributed by atoms with Gasteiger partial charge in [0.2, 0.25) is 0 Å². The van der Waals surface area contributed by atoms with Crippen LogP contribution < -0.4 is 4.74 Å². The van der Waals surface area contributed by atoms with Gasteiger partial charge in [-0.25, -0.2) is 4.79 Å². The SMILES string of the molecule is CCCCCCCCOc1ccc(C(=O)COC(=O)c2ccc(C3CCC(CCCCC)CC3)cc2)cc1. The second-order valence-electron chi connectivity index (χ2n) is 11.0. The molecule has 1 aliphatic carbocycles. The number of rotatable bonds is 17. The van der Waals surface area contributed by atoms with E-state index in [1.54, 1.807) is 12.1 Å². The van der Waals surface area contributed by atoms with Gasteiger partial charge in [0, 0.05) is 5.56 Å². The molecule has 0 unspecified atom stereocenters. The molecule has 38 heavy (non-hydrogen) atoms. The molecule has 3 rings (SSSR count). The van der Waals surface area contributed by atoms with Crippen LogP contribution in [0.5, 0.6) is 5.75 Å². The number of Topliss-reactive ketones (excluding diaryl/α,β-unsaturated/α-hetero) is 1. The van der Waals surface area contributed by atoms with E-state index in [1.165, 1.54) is 89.0 Å². The van der Waals surface area contributed by atoms with Crippen molar-refractivity contribution in [3.05, 3.63) is 65.2 Å². The Bertz CT molecular complexity index is 939. The third kappa shape index (κ3) is 10.3. The van der Waals surface area contributed by atoms with E-state index in [2.05, 4.69) is 26.0 Å². The third-order valence-electron chi connectivity index (χ3n) is 7.96. The Morgan fingerprint density at radius 2 is 1.32 bits per heavy atom. The summed E-state index contributed by atoms with van der Waals surface area (Å²) in [6.07, 6.45) is 17.8. The number of carbonyl (C=O) groups is 2. The molecule has 1 saturated carbocycles. The summed E-state index contributed by atoms with van der Waals surface area (Å²) in [5.74, 6) is 1.56. The van der Waals surface area contributed by atoms with E-state index in [1.807, 2.05) is 24.3 Å². The number of ketones is 1. The molecule has 0 aliphatic heterocycles. The first-order valence-corrected chi connectivity index (χ1v) is 15.1. The average Bonchev–Trinajstić information content (AvgIpc) is 2.96. The summed E-state index contributed by atoms with van der Waals surface area (Å²) in [5, 5.41) is 0. The van der Waals surface area contributed by atoms with E-state index in [0.29, 0.717) is 23.7 Å². The summed E-state index contributed by atoms with van der Waals surface area (Å²) in [7, 11) is 0. The number of esters is 1. The molecule has 208 valence electrons. The molecule has 0 spiro atoms. The lowest BCUT2D eigenvalue weighted by atomic mass is 9.77. The minimum Gasteiger partial charge on any atom is -0.494 e. The van der Waals surface area contributed by atoms with Crippen molar-refractivity contribution in [1.82, 2.24) is 0 Å². The van der Waals surface area contributed by atoms with E-state index in [0.717, 1.165) is 18.1 Å². The van der Waals surface area contributed by atoms with Gasteiger partial charge in [-0.3, -0.25) is 4.79 Å². The number of hydrogen-bond acceptors (Lipinski definition) is 4. The Morgan fingerprint density at radius 1 is 0.711 bits per heavy atom. The summed E-state index contributed by atoms with van der Waals surface area (Å²) in [4.78, 5) is 25.1. The van der Waals surface area contributed by atoms with E-state index in [9.17, 15) is 9.59 Å². The van der Waals surface area contributed by atoms with Crippen LogP contribution in [0.2, 0.25) is 0 Å². The van der Waals surface area contributed by atoms with Crippen LogP contribution in [-0.4, -0.2) is 25.0 Å². The zero-order valence-electron chi connectivity index (χ0n) is 23.7. The maximum absolute atomic E-state index is 12.5. The Balaban J connectivity index is 1.36. The van der Waals surface area contributed by atoms with Gasteiger partial charge in [0.05, 0.1) is 12.2 Å². The second kappa shape index (κ2) is 17.1. The highest BCUT2D eigenvalue weighted by Gasteiger charge is 2.22. The number of benzene rings is 2. The highest BCUT2D eigenvalue weighted by atomic mass is 16.5. The third-order valence-corrected chi connectivity index (χ3v) is 7.96. The Morgan fingerprint density at radius 3 is 2.00 bits per heavy atom. The fraction of sp³-hybridized carbons (Fsp3) is 0.588. The van der Waals surface area contributed by atoms with Gasteiger partial charge in [0.1, 0.15) is 5.75 Å². The van der Waals surface area contributed by atoms with Crippen LogP contribution in [-0.2, 0) is 4.74 Å². The molecule has 0 N–H and O–H groups in total. The normalized spacial score (nSPS) is 17.2. The minimum absolute atomic E-state index is 0.215. The largest absolute Gasteiger partial charge is 0.494 e. The summed E-state index contributed by atoms with van der Waals surface area (Å²) in [6.45, 7) is 4.91. The van der Waals surface area contributed by atoms with Gasteiger partial charge in [-0.05, 0) is 85.9 Å². The Hall–Kier alpha value is -2.62. The number of ether oxygens (including phenoxy) is 2. The monoisotopic (exact) mass is 520 g/mol. The summed E-state index contributed by atoms with van der Waals surface area (Å²) in [6, 6.07) is 14.9. The Labute approximate surface area is 230 Å². The van der Waals surface area contributed by atoms with Crippen molar-refractivity contribution in [2.75, 3.05) is 13.2 Å². The molecule has 0 bridgehead atoms. The average molecular weight is 521 g/mol.